The van der Waals surface area contributed by atoms with Gasteiger partial charge in [0.1, 0.15) is 11.5 Å². The van der Waals surface area contributed by atoms with E-state index in [4.69, 9.17) is 9.47 Å². The molecule has 0 unspecified atom stereocenters. The van der Waals surface area contributed by atoms with Gasteiger partial charge in [0.25, 0.3) is 0 Å². The van der Waals surface area contributed by atoms with Crippen LogP contribution < -0.4 is 4.74 Å². The molecule has 0 aliphatic carbocycles. The first kappa shape index (κ1) is 12.6. The number of carbonyl (C=O) groups excluding carboxylic acids is 1. The number of ether oxygens (including phenoxy) is 2. The Kier molecular flexibility index (Phi) is 3.54. The Balaban J connectivity index is 2.42. The Morgan fingerprint density at radius 1 is 1.53 bits per heavy atom. The van der Waals surface area contributed by atoms with Gasteiger partial charge in [0.2, 0.25) is 0 Å². The largest absolute Gasteiger partial charge is 0.496 e. The average Bonchev–Trinajstić information content (AvgIpc) is 2.23. The van der Waals surface area contributed by atoms with Gasteiger partial charge in [-0.2, -0.15) is 0 Å². The van der Waals surface area contributed by atoms with E-state index in [0.717, 1.165) is 15.8 Å². The van der Waals surface area contributed by atoms with Crippen LogP contribution in [0.2, 0.25) is 0 Å². The summed E-state index contributed by atoms with van der Waals surface area (Å²) in [5.74, 6) is 0.994. The van der Waals surface area contributed by atoms with Crippen molar-refractivity contribution in [3.05, 3.63) is 28.2 Å². The predicted molar refractivity (Wildman–Crippen MR) is 68.5 cm³/mol. The summed E-state index contributed by atoms with van der Waals surface area (Å²) in [4.78, 5) is 11.4. The summed E-state index contributed by atoms with van der Waals surface area (Å²) < 4.78 is 11.7. The van der Waals surface area contributed by atoms with Gasteiger partial charge in [-0.3, -0.25) is 4.79 Å². The lowest BCUT2D eigenvalue weighted by Crippen LogP contribution is -2.48. The van der Waals surface area contributed by atoms with E-state index in [0.29, 0.717) is 19.6 Å². The van der Waals surface area contributed by atoms with Crippen molar-refractivity contribution in [1.82, 2.24) is 0 Å². The molecule has 0 spiro atoms. The van der Waals surface area contributed by atoms with Gasteiger partial charge in [-0.05, 0) is 25.1 Å². The molecule has 0 radical (unpaired) electrons. The second-order valence-corrected chi connectivity index (χ2v) is 5.41. The predicted octanol–water partition coefficient (Wildman–Crippen LogP) is 2.70. The minimum Gasteiger partial charge on any atom is -0.496 e. The lowest BCUT2D eigenvalue weighted by molar-refractivity contribution is -0.125. The first-order valence-corrected chi connectivity index (χ1v) is 6.28. The zero-order valence-electron chi connectivity index (χ0n) is 9.96. The molecule has 4 heteroatoms. The summed E-state index contributed by atoms with van der Waals surface area (Å²) in [6.45, 7) is 2.78. The normalized spacial score (nSPS) is 17.4. The smallest absolute Gasteiger partial charge is 0.130 e. The molecular weight excluding hydrogens is 284 g/mol. The average molecular weight is 299 g/mol. The van der Waals surface area contributed by atoms with E-state index in [2.05, 4.69) is 15.9 Å². The van der Waals surface area contributed by atoms with Crippen molar-refractivity contribution in [2.45, 2.75) is 18.8 Å². The third-order valence-electron chi connectivity index (χ3n) is 3.08. The second kappa shape index (κ2) is 4.78. The van der Waals surface area contributed by atoms with Crippen molar-refractivity contribution in [1.29, 1.82) is 0 Å². The molecule has 3 nitrogen and oxygen atoms in total. The number of ketones is 1. The Morgan fingerprint density at radius 3 is 2.71 bits per heavy atom. The van der Waals surface area contributed by atoms with Crippen LogP contribution in [0.25, 0.3) is 0 Å². The first-order valence-electron chi connectivity index (χ1n) is 5.49. The molecule has 1 fully saturated rings. The van der Waals surface area contributed by atoms with Gasteiger partial charge in [0.05, 0.1) is 25.7 Å². The quantitative estimate of drug-likeness (QED) is 0.857. The molecule has 1 aliphatic rings. The zero-order valence-corrected chi connectivity index (χ0v) is 11.5. The number of hydrogen-bond acceptors (Lipinski definition) is 3. The van der Waals surface area contributed by atoms with Crippen molar-refractivity contribution in [3.8, 4) is 5.75 Å². The minimum absolute atomic E-state index is 0.176. The van der Waals surface area contributed by atoms with E-state index in [-0.39, 0.29) is 11.2 Å². The molecule has 1 saturated heterocycles. The van der Waals surface area contributed by atoms with Crippen LogP contribution in [0.5, 0.6) is 5.75 Å². The molecule has 0 bridgehead atoms. The van der Waals surface area contributed by atoms with E-state index >= 15 is 0 Å². The number of carbonyl (C=O) groups is 1. The third-order valence-corrected chi connectivity index (χ3v) is 3.57. The molecule has 17 heavy (non-hydrogen) atoms. The van der Waals surface area contributed by atoms with Crippen LogP contribution in [0.3, 0.4) is 0 Å². The highest BCUT2D eigenvalue weighted by Gasteiger charge is 2.43. The van der Waals surface area contributed by atoms with Gasteiger partial charge >= 0.3 is 0 Å². The van der Waals surface area contributed by atoms with Gasteiger partial charge in [0, 0.05) is 16.5 Å². The van der Waals surface area contributed by atoms with E-state index in [1.165, 1.54) is 0 Å². The maximum Gasteiger partial charge on any atom is 0.130 e. The Hall–Kier alpha value is -0.870. The van der Waals surface area contributed by atoms with Crippen molar-refractivity contribution in [2.75, 3.05) is 20.3 Å². The maximum atomic E-state index is 11.4. The molecule has 0 N–H and O–H groups in total. The maximum absolute atomic E-state index is 11.4. The summed E-state index contributed by atoms with van der Waals surface area (Å²) in [5, 5.41) is 0. The SMILES string of the molecule is COc1ccc(Br)cc1C1(CC(C)=O)COC1. The molecule has 92 valence electrons. The van der Waals surface area contributed by atoms with Crippen molar-refractivity contribution < 1.29 is 14.3 Å². The molecule has 0 saturated carbocycles. The summed E-state index contributed by atoms with van der Waals surface area (Å²) >= 11 is 3.46. The van der Waals surface area contributed by atoms with Crippen molar-refractivity contribution in [2.24, 2.45) is 0 Å². The standard InChI is InChI=1S/C13H15BrO3/c1-9(15)6-13(7-17-8-13)11-5-10(14)3-4-12(11)16-2/h3-5H,6-8H2,1-2H3. The summed E-state index contributed by atoms with van der Waals surface area (Å²) in [6.07, 6.45) is 0.500. The van der Waals surface area contributed by atoms with Crippen LogP contribution in [0.4, 0.5) is 0 Å². The van der Waals surface area contributed by atoms with Crippen LogP contribution in [0.15, 0.2) is 22.7 Å². The van der Waals surface area contributed by atoms with E-state index in [1.54, 1.807) is 14.0 Å². The molecular formula is C13H15BrO3. The van der Waals surface area contributed by atoms with Gasteiger partial charge in [0.15, 0.2) is 0 Å². The topological polar surface area (TPSA) is 35.5 Å². The van der Waals surface area contributed by atoms with Crippen LogP contribution in [0, 0.1) is 0 Å². The highest BCUT2D eigenvalue weighted by molar-refractivity contribution is 9.10. The number of methoxy groups -OCH3 is 1. The highest BCUT2D eigenvalue weighted by Crippen LogP contribution is 2.41. The fourth-order valence-corrected chi connectivity index (χ4v) is 2.63. The van der Waals surface area contributed by atoms with Gasteiger partial charge in [-0.15, -0.1) is 0 Å². The molecule has 1 aromatic rings. The number of rotatable bonds is 4. The fourth-order valence-electron chi connectivity index (χ4n) is 2.27. The van der Waals surface area contributed by atoms with Crippen molar-refractivity contribution in [3.63, 3.8) is 0 Å². The molecule has 0 aromatic heterocycles. The third kappa shape index (κ3) is 2.38. The number of hydrogen-bond donors (Lipinski definition) is 0. The van der Waals surface area contributed by atoms with Crippen LogP contribution >= 0.6 is 15.9 Å². The molecule has 1 aromatic carbocycles. The number of halogens is 1. The first-order chi connectivity index (χ1) is 8.07. The molecule has 0 amide bonds. The van der Waals surface area contributed by atoms with Crippen molar-refractivity contribution >= 4 is 21.7 Å². The summed E-state index contributed by atoms with van der Waals surface area (Å²) in [7, 11) is 1.65. The van der Waals surface area contributed by atoms with Gasteiger partial charge in [-0.25, -0.2) is 0 Å². The van der Waals surface area contributed by atoms with Crippen LogP contribution in [-0.4, -0.2) is 26.1 Å². The zero-order chi connectivity index (χ0) is 12.5. The monoisotopic (exact) mass is 298 g/mol. The molecule has 2 rings (SSSR count). The van der Waals surface area contributed by atoms with Gasteiger partial charge in [-0.1, -0.05) is 15.9 Å². The minimum atomic E-state index is -0.207. The Morgan fingerprint density at radius 2 is 2.24 bits per heavy atom. The van der Waals surface area contributed by atoms with Gasteiger partial charge < -0.3 is 9.47 Å². The molecule has 0 atom stereocenters. The van der Waals surface area contributed by atoms with E-state index in [9.17, 15) is 4.79 Å². The summed E-state index contributed by atoms with van der Waals surface area (Å²) in [6, 6.07) is 5.87. The summed E-state index contributed by atoms with van der Waals surface area (Å²) in [5.41, 5.74) is 0.844. The number of Topliss-reactive ketones (excluding diaryl/α,β-unsaturated/α-hetero) is 1. The lowest BCUT2D eigenvalue weighted by Gasteiger charge is -2.42. The van der Waals surface area contributed by atoms with Crippen LogP contribution in [-0.2, 0) is 14.9 Å². The Labute approximate surface area is 109 Å². The second-order valence-electron chi connectivity index (χ2n) is 4.50. The fraction of sp³-hybridized carbons (Fsp3) is 0.462. The Bertz CT molecular complexity index is 438. The number of benzene rings is 1. The van der Waals surface area contributed by atoms with E-state index < -0.39 is 0 Å². The molecule has 1 heterocycles. The van der Waals surface area contributed by atoms with E-state index in [1.807, 2.05) is 18.2 Å². The lowest BCUT2D eigenvalue weighted by atomic mass is 9.74. The molecule has 1 aliphatic heterocycles. The highest BCUT2D eigenvalue weighted by atomic mass is 79.9. The van der Waals surface area contributed by atoms with Crippen LogP contribution in [0.1, 0.15) is 18.9 Å².